The van der Waals surface area contributed by atoms with Crippen LogP contribution in [0.2, 0.25) is 0 Å². The molecular weight excluding hydrogens is 208 g/mol. The number of hydrogen-bond acceptors (Lipinski definition) is 3. The minimum atomic E-state index is -0.863. The lowest BCUT2D eigenvalue weighted by Crippen LogP contribution is -2.54. The molecule has 0 radical (unpaired) electrons. The van der Waals surface area contributed by atoms with Gasteiger partial charge >= 0.3 is 0 Å². The minimum absolute atomic E-state index is 0.176. The Morgan fingerprint density at radius 3 is 2.25 bits per heavy atom. The summed E-state index contributed by atoms with van der Waals surface area (Å²) in [6.07, 6.45) is 2.28. The number of nitrogens with zero attached hydrogens (tertiary/aromatic N) is 1. The standard InChI is InChI=1S/C11H20N2O3/c1-8(14)10(12-9(2)15)11(16)13-6-4-3-5-7-13/h8,10,14H,3-7H2,1-2H3,(H,12,15). The van der Waals surface area contributed by atoms with Gasteiger partial charge in [0.1, 0.15) is 6.04 Å². The topological polar surface area (TPSA) is 69.6 Å². The minimum Gasteiger partial charge on any atom is -0.391 e. The number of aliphatic hydroxyl groups excluding tert-OH is 1. The molecule has 0 saturated carbocycles. The van der Waals surface area contributed by atoms with Crippen LogP contribution in [0.5, 0.6) is 0 Å². The summed E-state index contributed by atoms with van der Waals surface area (Å²) in [6, 6.07) is -0.810. The molecule has 1 rings (SSSR count). The van der Waals surface area contributed by atoms with E-state index >= 15 is 0 Å². The Kier molecular flexibility index (Phi) is 4.73. The number of piperidine rings is 1. The molecule has 5 heteroatoms. The second-order valence-corrected chi connectivity index (χ2v) is 4.30. The molecule has 0 spiro atoms. The molecule has 0 aromatic carbocycles. The molecule has 1 saturated heterocycles. The fraction of sp³-hybridized carbons (Fsp3) is 0.818. The molecule has 1 aliphatic heterocycles. The van der Waals surface area contributed by atoms with E-state index in [9.17, 15) is 14.7 Å². The third-order valence-electron chi connectivity index (χ3n) is 2.77. The van der Waals surface area contributed by atoms with Crippen LogP contribution in [0, 0.1) is 0 Å². The number of amides is 2. The molecule has 2 atom stereocenters. The number of aliphatic hydroxyl groups is 1. The smallest absolute Gasteiger partial charge is 0.247 e. The third kappa shape index (κ3) is 3.48. The SMILES string of the molecule is CC(=O)NC(C(=O)N1CCCCC1)C(C)O. The molecule has 0 aromatic heterocycles. The van der Waals surface area contributed by atoms with Gasteiger partial charge in [0.25, 0.3) is 0 Å². The van der Waals surface area contributed by atoms with Crippen LogP contribution in [0.4, 0.5) is 0 Å². The van der Waals surface area contributed by atoms with E-state index in [1.807, 2.05) is 0 Å². The Morgan fingerprint density at radius 1 is 1.25 bits per heavy atom. The Hall–Kier alpha value is -1.10. The molecule has 0 aromatic rings. The first kappa shape index (κ1) is 13.0. The summed E-state index contributed by atoms with van der Waals surface area (Å²) >= 11 is 0. The zero-order chi connectivity index (χ0) is 12.1. The van der Waals surface area contributed by atoms with Crippen LogP contribution >= 0.6 is 0 Å². The van der Waals surface area contributed by atoms with Crippen molar-refractivity contribution in [3.05, 3.63) is 0 Å². The zero-order valence-electron chi connectivity index (χ0n) is 9.90. The van der Waals surface area contributed by atoms with Crippen LogP contribution in [-0.2, 0) is 9.59 Å². The first-order valence-corrected chi connectivity index (χ1v) is 5.76. The summed E-state index contributed by atoms with van der Waals surface area (Å²) in [5.41, 5.74) is 0. The average molecular weight is 228 g/mol. The van der Waals surface area contributed by atoms with Gasteiger partial charge in [-0.3, -0.25) is 9.59 Å². The predicted octanol–water partition coefficient (Wildman–Crippen LogP) is -0.116. The number of carbonyl (C=O) groups excluding carboxylic acids is 2. The maximum Gasteiger partial charge on any atom is 0.247 e. The molecule has 0 bridgehead atoms. The largest absolute Gasteiger partial charge is 0.391 e. The summed E-state index contributed by atoms with van der Waals surface area (Å²) in [5.74, 6) is -0.471. The summed E-state index contributed by atoms with van der Waals surface area (Å²) in [7, 11) is 0. The van der Waals surface area contributed by atoms with E-state index in [4.69, 9.17) is 0 Å². The van der Waals surface area contributed by atoms with E-state index in [1.165, 1.54) is 13.8 Å². The van der Waals surface area contributed by atoms with E-state index in [0.29, 0.717) is 0 Å². The third-order valence-corrected chi connectivity index (χ3v) is 2.77. The van der Waals surface area contributed by atoms with Crippen molar-refractivity contribution in [2.24, 2.45) is 0 Å². The van der Waals surface area contributed by atoms with Crippen molar-refractivity contribution in [1.29, 1.82) is 0 Å². The van der Waals surface area contributed by atoms with Crippen LogP contribution in [0.15, 0.2) is 0 Å². The fourth-order valence-electron chi connectivity index (χ4n) is 1.92. The lowest BCUT2D eigenvalue weighted by Gasteiger charge is -2.31. The van der Waals surface area contributed by atoms with Crippen molar-refractivity contribution < 1.29 is 14.7 Å². The van der Waals surface area contributed by atoms with Crippen molar-refractivity contribution >= 4 is 11.8 Å². The summed E-state index contributed by atoms with van der Waals surface area (Å²) in [5, 5.41) is 12.0. The quantitative estimate of drug-likeness (QED) is 0.708. The van der Waals surface area contributed by atoms with Crippen molar-refractivity contribution in [3.8, 4) is 0 Å². The Labute approximate surface area is 95.8 Å². The first-order valence-electron chi connectivity index (χ1n) is 5.76. The van der Waals surface area contributed by atoms with Gasteiger partial charge in [-0.05, 0) is 26.2 Å². The molecule has 1 fully saturated rings. The summed E-state index contributed by atoms with van der Waals surface area (Å²) in [4.78, 5) is 24.7. The molecule has 2 N–H and O–H groups in total. The first-order chi connectivity index (χ1) is 7.52. The number of carbonyl (C=O) groups is 2. The highest BCUT2D eigenvalue weighted by molar-refractivity contribution is 5.87. The van der Waals surface area contributed by atoms with Crippen molar-refractivity contribution in [1.82, 2.24) is 10.2 Å². The highest BCUT2D eigenvalue weighted by atomic mass is 16.3. The number of hydrogen-bond donors (Lipinski definition) is 2. The van der Waals surface area contributed by atoms with Crippen LogP contribution in [0.3, 0.4) is 0 Å². The monoisotopic (exact) mass is 228 g/mol. The lowest BCUT2D eigenvalue weighted by molar-refractivity contribution is -0.139. The van der Waals surface area contributed by atoms with Crippen molar-refractivity contribution in [2.75, 3.05) is 13.1 Å². The Morgan fingerprint density at radius 2 is 1.81 bits per heavy atom. The maximum absolute atomic E-state index is 12.0. The number of likely N-dealkylation sites (tertiary alicyclic amines) is 1. The molecule has 1 aliphatic rings. The number of nitrogens with one attached hydrogen (secondary N) is 1. The van der Waals surface area contributed by atoms with Gasteiger partial charge in [-0.1, -0.05) is 0 Å². The Bertz CT molecular complexity index is 260. The molecular formula is C11H20N2O3. The average Bonchev–Trinajstić information content (AvgIpc) is 2.25. The van der Waals surface area contributed by atoms with Crippen LogP contribution in [0.1, 0.15) is 33.1 Å². The zero-order valence-corrected chi connectivity index (χ0v) is 9.90. The molecule has 0 aliphatic carbocycles. The predicted molar refractivity (Wildman–Crippen MR) is 59.7 cm³/mol. The Balaban J connectivity index is 2.61. The molecule has 5 nitrogen and oxygen atoms in total. The second kappa shape index (κ2) is 5.84. The normalized spacial score (nSPS) is 20.1. The van der Waals surface area contributed by atoms with Gasteiger partial charge in [-0.2, -0.15) is 0 Å². The summed E-state index contributed by atoms with van der Waals surface area (Å²) in [6.45, 7) is 4.31. The van der Waals surface area contributed by atoms with Crippen LogP contribution in [0.25, 0.3) is 0 Å². The lowest BCUT2D eigenvalue weighted by atomic mass is 10.1. The van der Waals surface area contributed by atoms with Crippen LogP contribution in [-0.4, -0.2) is 47.1 Å². The van der Waals surface area contributed by atoms with Gasteiger partial charge in [0.15, 0.2) is 0 Å². The van der Waals surface area contributed by atoms with Crippen molar-refractivity contribution in [2.45, 2.75) is 45.3 Å². The van der Waals surface area contributed by atoms with Gasteiger partial charge in [-0.25, -0.2) is 0 Å². The van der Waals surface area contributed by atoms with Gasteiger partial charge in [0.05, 0.1) is 6.10 Å². The number of rotatable bonds is 3. The van der Waals surface area contributed by atoms with E-state index in [1.54, 1.807) is 4.90 Å². The van der Waals surface area contributed by atoms with Crippen LogP contribution < -0.4 is 5.32 Å². The van der Waals surface area contributed by atoms with E-state index in [-0.39, 0.29) is 11.8 Å². The van der Waals surface area contributed by atoms with Gasteiger partial charge in [-0.15, -0.1) is 0 Å². The van der Waals surface area contributed by atoms with E-state index < -0.39 is 12.1 Å². The molecule has 2 unspecified atom stereocenters. The van der Waals surface area contributed by atoms with Gasteiger partial charge < -0.3 is 15.3 Å². The highest BCUT2D eigenvalue weighted by Crippen LogP contribution is 2.11. The molecule has 2 amide bonds. The maximum atomic E-state index is 12.0. The molecule has 1 heterocycles. The highest BCUT2D eigenvalue weighted by Gasteiger charge is 2.29. The van der Waals surface area contributed by atoms with Gasteiger partial charge in [0, 0.05) is 20.0 Å². The van der Waals surface area contributed by atoms with Gasteiger partial charge in [0.2, 0.25) is 11.8 Å². The molecule has 16 heavy (non-hydrogen) atoms. The fourth-order valence-corrected chi connectivity index (χ4v) is 1.92. The van der Waals surface area contributed by atoms with Crippen molar-refractivity contribution in [3.63, 3.8) is 0 Å². The second-order valence-electron chi connectivity index (χ2n) is 4.30. The van der Waals surface area contributed by atoms with E-state index in [0.717, 1.165) is 32.4 Å². The molecule has 92 valence electrons. The summed E-state index contributed by atoms with van der Waals surface area (Å²) < 4.78 is 0. The van der Waals surface area contributed by atoms with E-state index in [2.05, 4.69) is 5.32 Å².